The Morgan fingerprint density at radius 3 is 2.48 bits per heavy atom. The number of nitrogens with zero attached hydrogens (tertiary/aromatic N) is 4. The number of nitrogens with two attached hydrogens (primary N) is 1. The maximum atomic E-state index is 11.6. The second-order valence-corrected chi connectivity index (χ2v) is 4.86. The molecule has 7 heteroatoms. The lowest BCUT2D eigenvalue weighted by Crippen LogP contribution is -2.14. The van der Waals surface area contributed by atoms with E-state index in [1.165, 1.54) is 0 Å². The number of rotatable bonds is 7. The quantitative estimate of drug-likeness (QED) is 0.350. The van der Waals surface area contributed by atoms with Crippen LogP contribution in [0, 0.1) is 0 Å². The van der Waals surface area contributed by atoms with Crippen molar-refractivity contribution in [2.45, 2.75) is 33.2 Å². The molecule has 0 bridgehead atoms. The van der Waals surface area contributed by atoms with Gasteiger partial charge in [0.05, 0.1) is 6.54 Å². The van der Waals surface area contributed by atoms with E-state index in [-0.39, 0.29) is 5.78 Å². The molecule has 0 radical (unpaired) electrons. The number of carbonyl (C=O) groups is 1. The van der Waals surface area contributed by atoms with Gasteiger partial charge >= 0.3 is 0 Å². The highest BCUT2D eigenvalue weighted by Crippen LogP contribution is 2.06. The lowest BCUT2D eigenvalue weighted by molar-refractivity contribution is 0.0988. The van der Waals surface area contributed by atoms with Crippen LogP contribution >= 0.6 is 0 Å². The van der Waals surface area contributed by atoms with Gasteiger partial charge < -0.3 is 0 Å². The van der Waals surface area contributed by atoms with Gasteiger partial charge in [0.1, 0.15) is 5.82 Å². The summed E-state index contributed by atoms with van der Waals surface area (Å²) in [6.07, 6.45) is 2.93. The smallest absolute Gasteiger partial charge is 0.240 e. The first-order chi connectivity index (χ1) is 11.2. The number of hydrazine groups is 1. The molecular weight excluding hydrogens is 292 g/mol. The van der Waals surface area contributed by atoms with Crippen LogP contribution in [0.5, 0.6) is 0 Å². The molecule has 1 aromatic carbocycles. The standard InChI is InChI=1S/C16H20N6O/c1-3-13(23)12-7-5-11(6-8-12)9-18-10-15-19-14(4-2)20-16(21-15)22-17/h5-9H,3-4,10,17H2,1-2H3,(H,19,20,21,22). The third-order valence-corrected chi connectivity index (χ3v) is 3.20. The highest BCUT2D eigenvalue weighted by Gasteiger charge is 2.04. The molecule has 0 amide bonds. The number of nitrogen functional groups attached to an aromatic ring is 1. The molecule has 3 N–H and O–H groups in total. The molecule has 0 aliphatic rings. The fourth-order valence-corrected chi connectivity index (χ4v) is 1.95. The van der Waals surface area contributed by atoms with E-state index in [9.17, 15) is 4.79 Å². The van der Waals surface area contributed by atoms with Gasteiger partial charge in [0.25, 0.3) is 0 Å². The summed E-state index contributed by atoms with van der Waals surface area (Å²) in [6, 6.07) is 7.35. The number of Topliss-reactive ketones (excluding diaryl/α,β-unsaturated/α-hetero) is 1. The molecule has 0 unspecified atom stereocenters. The van der Waals surface area contributed by atoms with Crippen molar-refractivity contribution in [3.63, 3.8) is 0 Å². The van der Waals surface area contributed by atoms with Gasteiger partial charge in [0, 0.05) is 24.6 Å². The van der Waals surface area contributed by atoms with Crippen LogP contribution in [0.2, 0.25) is 0 Å². The minimum absolute atomic E-state index is 0.132. The predicted octanol–water partition coefficient (Wildman–Crippen LogP) is 1.93. The second kappa shape index (κ2) is 8.09. The lowest BCUT2D eigenvalue weighted by atomic mass is 10.1. The Morgan fingerprint density at radius 2 is 1.87 bits per heavy atom. The molecule has 0 spiro atoms. The van der Waals surface area contributed by atoms with Crippen LogP contribution in [0.4, 0.5) is 5.95 Å². The summed E-state index contributed by atoms with van der Waals surface area (Å²) in [6.45, 7) is 4.14. The van der Waals surface area contributed by atoms with Gasteiger partial charge in [0.2, 0.25) is 5.95 Å². The molecule has 1 aromatic heterocycles. The van der Waals surface area contributed by atoms with Gasteiger partial charge in [0.15, 0.2) is 11.6 Å². The van der Waals surface area contributed by atoms with Crippen molar-refractivity contribution >= 4 is 17.9 Å². The fourth-order valence-electron chi connectivity index (χ4n) is 1.95. The van der Waals surface area contributed by atoms with Gasteiger partial charge in [-0.1, -0.05) is 38.1 Å². The molecule has 7 nitrogen and oxygen atoms in total. The van der Waals surface area contributed by atoms with Gasteiger partial charge in [-0.2, -0.15) is 9.97 Å². The predicted molar refractivity (Wildman–Crippen MR) is 89.4 cm³/mol. The van der Waals surface area contributed by atoms with Gasteiger partial charge in [-0.3, -0.25) is 15.2 Å². The highest BCUT2D eigenvalue weighted by atomic mass is 16.1. The van der Waals surface area contributed by atoms with Crippen molar-refractivity contribution in [1.82, 2.24) is 15.0 Å². The van der Waals surface area contributed by atoms with Gasteiger partial charge in [-0.15, -0.1) is 0 Å². The summed E-state index contributed by atoms with van der Waals surface area (Å²) in [5, 5.41) is 0. The van der Waals surface area contributed by atoms with Gasteiger partial charge in [-0.05, 0) is 5.56 Å². The molecule has 0 saturated heterocycles. The van der Waals surface area contributed by atoms with Crippen LogP contribution in [-0.4, -0.2) is 26.9 Å². The molecule has 120 valence electrons. The summed E-state index contributed by atoms with van der Waals surface area (Å²) in [5.74, 6) is 7.03. The number of hydrogen-bond donors (Lipinski definition) is 2. The SMILES string of the molecule is CCC(=O)c1ccc(C=NCc2nc(CC)nc(NN)n2)cc1. The monoisotopic (exact) mass is 312 g/mol. The van der Waals surface area contributed by atoms with E-state index in [4.69, 9.17) is 5.84 Å². The highest BCUT2D eigenvalue weighted by molar-refractivity contribution is 5.96. The van der Waals surface area contributed by atoms with Crippen LogP contribution in [0.1, 0.15) is 47.8 Å². The molecule has 0 aliphatic heterocycles. The molecule has 2 rings (SSSR count). The third-order valence-electron chi connectivity index (χ3n) is 3.20. The number of anilines is 1. The van der Waals surface area contributed by atoms with Gasteiger partial charge in [-0.25, -0.2) is 10.8 Å². The molecular formula is C16H20N6O. The summed E-state index contributed by atoms with van der Waals surface area (Å²) in [5.41, 5.74) is 4.06. The van der Waals surface area contributed by atoms with Crippen molar-refractivity contribution in [3.05, 3.63) is 47.0 Å². The van der Waals surface area contributed by atoms with Crippen molar-refractivity contribution in [3.8, 4) is 0 Å². The van der Waals surface area contributed by atoms with E-state index in [0.717, 1.165) is 5.56 Å². The average Bonchev–Trinajstić information content (AvgIpc) is 2.61. The van der Waals surface area contributed by atoms with Crippen LogP contribution in [0.15, 0.2) is 29.3 Å². The Hall–Kier alpha value is -2.67. The van der Waals surface area contributed by atoms with Crippen LogP contribution in [0.25, 0.3) is 0 Å². The van der Waals surface area contributed by atoms with Crippen molar-refractivity contribution in [2.24, 2.45) is 10.8 Å². The number of benzene rings is 1. The number of carbonyl (C=O) groups excluding carboxylic acids is 1. The molecule has 0 aliphatic carbocycles. The number of hydrogen-bond acceptors (Lipinski definition) is 7. The zero-order valence-electron chi connectivity index (χ0n) is 13.3. The number of aromatic nitrogens is 3. The molecule has 0 atom stereocenters. The zero-order valence-corrected chi connectivity index (χ0v) is 13.3. The van der Waals surface area contributed by atoms with Crippen molar-refractivity contribution in [1.29, 1.82) is 0 Å². The molecule has 2 aromatic rings. The summed E-state index contributed by atoms with van der Waals surface area (Å²) < 4.78 is 0. The Labute approximate surface area is 135 Å². The number of nitrogens with one attached hydrogen (secondary N) is 1. The van der Waals surface area contributed by atoms with E-state index >= 15 is 0 Å². The first kappa shape index (κ1) is 16.7. The Morgan fingerprint density at radius 1 is 1.17 bits per heavy atom. The molecule has 0 fully saturated rings. The Kier molecular flexibility index (Phi) is 5.87. The molecule has 1 heterocycles. The van der Waals surface area contributed by atoms with Crippen LogP contribution in [-0.2, 0) is 13.0 Å². The van der Waals surface area contributed by atoms with Crippen LogP contribution < -0.4 is 11.3 Å². The normalized spacial score (nSPS) is 10.9. The van der Waals surface area contributed by atoms with E-state index in [1.54, 1.807) is 6.21 Å². The Bertz CT molecular complexity index is 674. The van der Waals surface area contributed by atoms with Crippen LogP contribution in [0.3, 0.4) is 0 Å². The van der Waals surface area contributed by atoms with Crippen molar-refractivity contribution in [2.75, 3.05) is 5.43 Å². The first-order valence-corrected chi connectivity index (χ1v) is 7.49. The largest absolute Gasteiger partial charge is 0.294 e. The maximum Gasteiger partial charge on any atom is 0.240 e. The minimum Gasteiger partial charge on any atom is -0.294 e. The Balaban J connectivity index is 2.05. The summed E-state index contributed by atoms with van der Waals surface area (Å²) >= 11 is 0. The fraction of sp³-hybridized carbons (Fsp3) is 0.312. The third kappa shape index (κ3) is 4.65. The molecule has 23 heavy (non-hydrogen) atoms. The summed E-state index contributed by atoms with van der Waals surface area (Å²) in [4.78, 5) is 28.5. The maximum absolute atomic E-state index is 11.6. The minimum atomic E-state index is 0.132. The number of aryl methyl sites for hydroxylation is 1. The second-order valence-electron chi connectivity index (χ2n) is 4.86. The molecule has 0 saturated carbocycles. The van der Waals surface area contributed by atoms with E-state index in [1.807, 2.05) is 38.1 Å². The average molecular weight is 312 g/mol. The summed E-state index contributed by atoms with van der Waals surface area (Å²) in [7, 11) is 0. The van der Waals surface area contributed by atoms with E-state index in [2.05, 4.69) is 25.4 Å². The zero-order chi connectivity index (χ0) is 16.7. The topological polar surface area (TPSA) is 106 Å². The number of ketones is 1. The van der Waals surface area contributed by atoms with E-state index < -0.39 is 0 Å². The number of aliphatic imine (C=N–C) groups is 1. The first-order valence-electron chi connectivity index (χ1n) is 7.49. The lowest BCUT2D eigenvalue weighted by Gasteiger charge is -2.03. The van der Waals surface area contributed by atoms with E-state index in [0.29, 0.717) is 42.5 Å². The van der Waals surface area contributed by atoms with Crippen molar-refractivity contribution < 1.29 is 4.79 Å².